The van der Waals surface area contributed by atoms with Crippen molar-refractivity contribution in [2.24, 2.45) is 0 Å². The highest BCUT2D eigenvalue weighted by Gasteiger charge is 2.43. The molecule has 0 radical (unpaired) electrons. The largest absolute Gasteiger partial charge is 0.388 e. The molecule has 0 spiro atoms. The number of aliphatic hydroxyl groups is 1. The Balaban J connectivity index is 2.29. The van der Waals surface area contributed by atoms with E-state index in [1.807, 2.05) is 11.9 Å². The van der Waals surface area contributed by atoms with Gasteiger partial charge in [-0.25, -0.2) is 4.79 Å². The van der Waals surface area contributed by atoms with Crippen LogP contribution in [0.5, 0.6) is 0 Å². The molecule has 2 heterocycles. The summed E-state index contributed by atoms with van der Waals surface area (Å²) in [6.07, 6.45) is -0.805. The van der Waals surface area contributed by atoms with Crippen molar-refractivity contribution in [2.75, 3.05) is 6.61 Å². The summed E-state index contributed by atoms with van der Waals surface area (Å²) in [5, 5.41) is 10.1. The van der Waals surface area contributed by atoms with Gasteiger partial charge in [0.2, 0.25) is 5.82 Å². The van der Waals surface area contributed by atoms with E-state index in [-0.39, 0.29) is 0 Å². The zero-order chi connectivity index (χ0) is 15.6. The van der Waals surface area contributed by atoms with Crippen LogP contribution in [0.3, 0.4) is 0 Å². The highest BCUT2D eigenvalue weighted by molar-refractivity contribution is 4.94. The van der Waals surface area contributed by atoms with Gasteiger partial charge in [-0.1, -0.05) is 13.3 Å². The molecule has 21 heavy (non-hydrogen) atoms. The molecule has 8 heteroatoms. The molecule has 4 atom stereocenters. The predicted molar refractivity (Wildman–Crippen MR) is 71.5 cm³/mol. The number of aromatic nitrogens is 2. The number of aromatic amines is 1. The first-order valence-corrected chi connectivity index (χ1v) is 6.91. The van der Waals surface area contributed by atoms with Crippen LogP contribution in [-0.4, -0.2) is 39.6 Å². The number of unbranched alkanes of at least 4 members (excludes halogenated alkanes) is 1. The van der Waals surface area contributed by atoms with Crippen LogP contribution in [-0.2, 0) is 9.47 Å². The summed E-state index contributed by atoms with van der Waals surface area (Å²) in [6.45, 7) is 4.02. The minimum absolute atomic E-state index is 0.394. The lowest BCUT2D eigenvalue weighted by atomic mass is 10.1. The predicted octanol–water partition coefficient (Wildman–Crippen LogP) is 0.139. The smallest absolute Gasteiger partial charge is 0.330 e. The van der Waals surface area contributed by atoms with Gasteiger partial charge >= 0.3 is 5.69 Å². The van der Waals surface area contributed by atoms with Crippen LogP contribution in [0.25, 0.3) is 0 Å². The number of hydrogen-bond acceptors (Lipinski definition) is 5. The Morgan fingerprint density at radius 2 is 2.24 bits per heavy atom. The summed E-state index contributed by atoms with van der Waals surface area (Å²) < 4.78 is 25.3. The Morgan fingerprint density at radius 1 is 1.52 bits per heavy atom. The molecule has 1 aliphatic rings. The molecule has 1 saturated heterocycles. The molecule has 0 saturated carbocycles. The maximum absolute atomic E-state index is 13.4. The Hall–Kier alpha value is -1.51. The zero-order valence-electron chi connectivity index (χ0n) is 11.9. The van der Waals surface area contributed by atoms with Crippen LogP contribution >= 0.6 is 0 Å². The number of nitrogens with one attached hydrogen (secondary N) is 1. The minimum Gasteiger partial charge on any atom is -0.388 e. The molecule has 0 amide bonds. The average molecular weight is 302 g/mol. The summed E-state index contributed by atoms with van der Waals surface area (Å²) >= 11 is 0. The van der Waals surface area contributed by atoms with E-state index < -0.39 is 41.6 Å². The fraction of sp³-hybridized carbons (Fsp3) is 0.692. The summed E-state index contributed by atoms with van der Waals surface area (Å²) in [7, 11) is 0. The van der Waals surface area contributed by atoms with Crippen LogP contribution in [0.1, 0.15) is 32.9 Å². The second kappa shape index (κ2) is 6.50. The quantitative estimate of drug-likeness (QED) is 0.755. The van der Waals surface area contributed by atoms with E-state index >= 15 is 0 Å². The first-order valence-electron chi connectivity index (χ1n) is 6.91. The average Bonchev–Trinajstić information content (AvgIpc) is 2.71. The zero-order valence-corrected chi connectivity index (χ0v) is 11.9. The van der Waals surface area contributed by atoms with Gasteiger partial charge < -0.3 is 14.6 Å². The monoisotopic (exact) mass is 302 g/mol. The van der Waals surface area contributed by atoms with Crippen molar-refractivity contribution < 1.29 is 19.0 Å². The van der Waals surface area contributed by atoms with Crippen molar-refractivity contribution in [1.82, 2.24) is 9.55 Å². The second-order valence-corrected chi connectivity index (χ2v) is 5.05. The maximum atomic E-state index is 13.4. The third-order valence-electron chi connectivity index (χ3n) is 3.46. The maximum Gasteiger partial charge on any atom is 0.330 e. The molecule has 2 N–H and O–H groups in total. The molecule has 2 rings (SSSR count). The molecular weight excluding hydrogens is 283 g/mol. The second-order valence-electron chi connectivity index (χ2n) is 5.05. The van der Waals surface area contributed by atoms with E-state index in [0.29, 0.717) is 6.61 Å². The van der Waals surface area contributed by atoms with Gasteiger partial charge in [0.25, 0.3) is 5.56 Å². The SMILES string of the molecule is CCCCO[C@@H]1[C@H](O)[C@@H](C)O[C@H]1n1cc(F)c(=O)[nH]c1=O. The lowest BCUT2D eigenvalue weighted by Crippen LogP contribution is -2.40. The van der Waals surface area contributed by atoms with Crippen molar-refractivity contribution >= 4 is 0 Å². The molecule has 1 aliphatic heterocycles. The number of halogens is 1. The highest BCUT2D eigenvalue weighted by atomic mass is 19.1. The Morgan fingerprint density at radius 3 is 2.90 bits per heavy atom. The van der Waals surface area contributed by atoms with Crippen molar-refractivity contribution in [2.45, 2.75) is 51.2 Å². The van der Waals surface area contributed by atoms with Crippen LogP contribution in [0.4, 0.5) is 4.39 Å². The van der Waals surface area contributed by atoms with Gasteiger partial charge in [0, 0.05) is 6.61 Å². The van der Waals surface area contributed by atoms with Crippen LogP contribution in [0.2, 0.25) is 0 Å². The Kier molecular flexibility index (Phi) is 4.92. The topological polar surface area (TPSA) is 93.5 Å². The summed E-state index contributed by atoms with van der Waals surface area (Å²) in [5.74, 6) is -1.10. The first kappa shape index (κ1) is 15.9. The fourth-order valence-corrected chi connectivity index (χ4v) is 2.23. The van der Waals surface area contributed by atoms with Crippen LogP contribution < -0.4 is 11.2 Å². The third kappa shape index (κ3) is 3.22. The van der Waals surface area contributed by atoms with Crippen LogP contribution in [0.15, 0.2) is 15.8 Å². The van der Waals surface area contributed by atoms with Crippen LogP contribution in [0, 0.1) is 5.82 Å². The number of rotatable bonds is 5. The highest BCUT2D eigenvalue weighted by Crippen LogP contribution is 2.30. The summed E-state index contributed by atoms with van der Waals surface area (Å²) in [6, 6.07) is 0. The Labute approximate surface area is 120 Å². The number of aliphatic hydroxyl groups excluding tert-OH is 1. The van der Waals surface area contributed by atoms with Gasteiger partial charge in [-0.15, -0.1) is 0 Å². The number of nitrogens with zero attached hydrogens (tertiary/aromatic N) is 1. The molecule has 0 aliphatic carbocycles. The molecule has 0 unspecified atom stereocenters. The van der Waals surface area contributed by atoms with E-state index in [2.05, 4.69) is 0 Å². The minimum atomic E-state index is -1.10. The van der Waals surface area contributed by atoms with Crippen molar-refractivity contribution in [3.05, 3.63) is 32.9 Å². The van der Waals surface area contributed by atoms with Gasteiger partial charge in [-0.05, 0) is 13.3 Å². The van der Waals surface area contributed by atoms with Crippen molar-refractivity contribution in [1.29, 1.82) is 0 Å². The number of ether oxygens (including phenoxy) is 2. The lowest BCUT2D eigenvalue weighted by molar-refractivity contribution is -0.0704. The van der Waals surface area contributed by atoms with E-state index in [0.717, 1.165) is 23.6 Å². The van der Waals surface area contributed by atoms with E-state index in [9.17, 15) is 19.1 Å². The molecule has 1 aromatic rings. The van der Waals surface area contributed by atoms with Gasteiger partial charge in [-0.3, -0.25) is 14.3 Å². The van der Waals surface area contributed by atoms with Gasteiger partial charge in [0.1, 0.15) is 12.2 Å². The lowest BCUT2D eigenvalue weighted by Gasteiger charge is -2.22. The number of H-pyrrole nitrogens is 1. The Bertz CT molecular complexity index is 599. The molecule has 118 valence electrons. The molecule has 1 fully saturated rings. The molecule has 7 nitrogen and oxygen atoms in total. The van der Waals surface area contributed by atoms with Crippen molar-refractivity contribution in [3.63, 3.8) is 0 Å². The normalized spacial score (nSPS) is 29.0. The standard InChI is InChI=1S/C13H19FN2O5/c1-3-4-5-20-10-9(17)7(2)21-12(10)16-6-8(14)11(18)15-13(16)19/h6-7,9-10,12,17H,3-5H2,1-2H3,(H,15,18,19)/t7-,9-,10-,12-/m1/s1. The van der Waals surface area contributed by atoms with Gasteiger partial charge in [-0.2, -0.15) is 4.39 Å². The summed E-state index contributed by atoms with van der Waals surface area (Å²) in [5.41, 5.74) is -1.90. The number of hydrogen-bond donors (Lipinski definition) is 2. The van der Waals surface area contributed by atoms with E-state index in [4.69, 9.17) is 9.47 Å². The fourth-order valence-electron chi connectivity index (χ4n) is 2.23. The van der Waals surface area contributed by atoms with E-state index in [1.54, 1.807) is 6.92 Å². The molecule has 0 aromatic carbocycles. The molecular formula is C13H19FN2O5. The molecule has 0 bridgehead atoms. The molecule has 1 aromatic heterocycles. The van der Waals surface area contributed by atoms with Crippen molar-refractivity contribution in [3.8, 4) is 0 Å². The van der Waals surface area contributed by atoms with E-state index in [1.165, 1.54) is 0 Å². The third-order valence-corrected chi connectivity index (χ3v) is 3.46. The summed E-state index contributed by atoms with van der Waals surface area (Å²) in [4.78, 5) is 24.7. The van der Waals surface area contributed by atoms with Gasteiger partial charge in [0.15, 0.2) is 6.23 Å². The first-order chi connectivity index (χ1) is 9.95. The van der Waals surface area contributed by atoms with Gasteiger partial charge in [0.05, 0.1) is 12.3 Å².